The zero-order chi connectivity index (χ0) is 18.5. The molecular formula is C18H22N6O2. The maximum absolute atomic E-state index is 12.5. The number of carbonyl (C=O) groups excluding carboxylic acids is 1. The first-order valence-electron chi connectivity index (χ1n) is 8.58. The van der Waals surface area contributed by atoms with Crippen molar-refractivity contribution in [2.75, 3.05) is 11.9 Å². The molecule has 0 atom stereocenters. The molecule has 0 fully saturated rings. The summed E-state index contributed by atoms with van der Waals surface area (Å²) >= 11 is 0. The highest BCUT2D eigenvalue weighted by Gasteiger charge is 2.16. The summed E-state index contributed by atoms with van der Waals surface area (Å²) in [6, 6.07) is 7.39. The van der Waals surface area contributed by atoms with Crippen LogP contribution < -0.4 is 5.32 Å². The van der Waals surface area contributed by atoms with Crippen molar-refractivity contribution in [1.82, 2.24) is 24.6 Å². The van der Waals surface area contributed by atoms with E-state index in [1.54, 1.807) is 11.1 Å². The molecule has 0 spiro atoms. The van der Waals surface area contributed by atoms with Crippen LogP contribution in [0.15, 0.2) is 41.1 Å². The predicted molar refractivity (Wildman–Crippen MR) is 97.1 cm³/mol. The minimum atomic E-state index is -0.213. The highest BCUT2D eigenvalue weighted by molar-refractivity contribution is 5.89. The first kappa shape index (κ1) is 17.7. The van der Waals surface area contributed by atoms with Crippen molar-refractivity contribution < 1.29 is 9.21 Å². The lowest BCUT2D eigenvalue weighted by molar-refractivity contribution is 0.205. The summed E-state index contributed by atoms with van der Waals surface area (Å²) in [6.07, 6.45) is 4.33. The average Bonchev–Trinajstić information content (AvgIpc) is 3.29. The normalized spacial score (nSPS) is 10.7. The summed E-state index contributed by atoms with van der Waals surface area (Å²) in [4.78, 5) is 18.3. The van der Waals surface area contributed by atoms with Gasteiger partial charge in [-0.3, -0.25) is 0 Å². The number of benzene rings is 1. The van der Waals surface area contributed by atoms with E-state index in [0.29, 0.717) is 24.7 Å². The lowest BCUT2D eigenvalue weighted by Crippen LogP contribution is -2.34. The Balaban J connectivity index is 1.65. The minimum absolute atomic E-state index is 0.213. The van der Waals surface area contributed by atoms with E-state index < -0.39 is 0 Å². The van der Waals surface area contributed by atoms with Crippen LogP contribution in [0.3, 0.4) is 0 Å². The number of imidazole rings is 1. The van der Waals surface area contributed by atoms with Crippen LogP contribution in [-0.4, -0.2) is 37.2 Å². The first-order valence-corrected chi connectivity index (χ1v) is 8.58. The van der Waals surface area contributed by atoms with Crippen LogP contribution in [0.1, 0.15) is 31.5 Å². The number of rotatable bonds is 6. The quantitative estimate of drug-likeness (QED) is 0.734. The fraction of sp³-hybridized carbons (Fsp3) is 0.333. The van der Waals surface area contributed by atoms with Crippen LogP contribution in [-0.2, 0) is 13.0 Å². The second kappa shape index (κ2) is 7.81. The zero-order valence-corrected chi connectivity index (χ0v) is 15.1. The number of aryl methyl sites for hydroxylation is 2. The molecule has 0 bridgehead atoms. The van der Waals surface area contributed by atoms with Gasteiger partial charge in [0.25, 0.3) is 0 Å². The van der Waals surface area contributed by atoms with E-state index >= 15 is 0 Å². The molecule has 3 aromatic rings. The van der Waals surface area contributed by atoms with Crippen LogP contribution >= 0.6 is 0 Å². The van der Waals surface area contributed by atoms with Crippen LogP contribution in [0.4, 0.5) is 10.5 Å². The van der Waals surface area contributed by atoms with Crippen molar-refractivity contribution in [2.24, 2.45) is 0 Å². The third-order valence-electron chi connectivity index (χ3n) is 4.03. The van der Waals surface area contributed by atoms with Gasteiger partial charge < -0.3 is 19.2 Å². The van der Waals surface area contributed by atoms with Gasteiger partial charge in [-0.1, -0.05) is 6.92 Å². The van der Waals surface area contributed by atoms with Crippen molar-refractivity contribution in [2.45, 2.75) is 33.7 Å². The molecule has 0 unspecified atom stereocenters. The molecule has 1 N–H and O–H groups in total. The summed E-state index contributed by atoms with van der Waals surface area (Å²) < 4.78 is 7.46. The van der Waals surface area contributed by atoms with Crippen molar-refractivity contribution >= 4 is 11.7 Å². The molecule has 0 aliphatic heterocycles. The van der Waals surface area contributed by atoms with Gasteiger partial charge in [0.15, 0.2) is 0 Å². The molecule has 8 nitrogen and oxygen atoms in total. The Morgan fingerprint density at radius 3 is 2.50 bits per heavy atom. The van der Waals surface area contributed by atoms with Gasteiger partial charge in [-0.15, -0.1) is 10.2 Å². The van der Waals surface area contributed by atoms with Gasteiger partial charge in [-0.2, -0.15) is 0 Å². The summed E-state index contributed by atoms with van der Waals surface area (Å²) in [6.45, 7) is 6.60. The highest BCUT2D eigenvalue weighted by Crippen LogP contribution is 2.15. The van der Waals surface area contributed by atoms with E-state index in [9.17, 15) is 4.79 Å². The van der Waals surface area contributed by atoms with Crippen molar-refractivity contribution in [3.8, 4) is 5.69 Å². The molecule has 0 radical (unpaired) electrons. The molecule has 26 heavy (non-hydrogen) atoms. The maximum atomic E-state index is 12.5. The standard InChI is InChI=1S/C18H22N6O2/c1-4-16-21-22-17(26-16)12-23(5-2)18(25)20-14-6-8-15(9-7-14)24-11-10-19-13(24)3/h6-11H,4-5,12H2,1-3H3,(H,20,25). The molecule has 136 valence electrons. The number of anilines is 1. The zero-order valence-electron chi connectivity index (χ0n) is 15.1. The van der Waals surface area contributed by atoms with Gasteiger partial charge in [0.1, 0.15) is 12.4 Å². The van der Waals surface area contributed by atoms with E-state index in [2.05, 4.69) is 20.5 Å². The van der Waals surface area contributed by atoms with Crippen LogP contribution in [0.5, 0.6) is 0 Å². The van der Waals surface area contributed by atoms with Gasteiger partial charge in [0.05, 0.1) is 0 Å². The van der Waals surface area contributed by atoms with Crippen LogP contribution in [0.2, 0.25) is 0 Å². The van der Waals surface area contributed by atoms with Gasteiger partial charge in [0, 0.05) is 36.7 Å². The summed E-state index contributed by atoms with van der Waals surface area (Å²) in [5.41, 5.74) is 1.71. The lowest BCUT2D eigenvalue weighted by Gasteiger charge is -2.19. The number of nitrogens with one attached hydrogen (secondary N) is 1. The van der Waals surface area contributed by atoms with Gasteiger partial charge >= 0.3 is 6.03 Å². The van der Waals surface area contributed by atoms with Crippen LogP contribution in [0.25, 0.3) is 5.69 Å². The number of hydrogen-bond acceptors (Lipinski definition) is 5. The lowest BCUT2D eigenvalue weighted by atomic mass is 10.2. The third kappa shape index (κ3) is 3.90. The molecule has 0 saturated heterocycles. The second-order valence-corrected chi connectivity index (χ2v) is 5.78. The minimum Gasteiger partial charge on any atom is -0.423 e. The topological polar surface area (TPSA) is 89.1 Å². The molecule has 0 saturated carbocycles. The number of urea groups is 1. The largest absolute Gasteiger partial charge is 0.423 e. The molecule has 2 heterocycles. The number of amides is 2. The van der Waals surface area contributed by atoms with Gasteiger partial charge in [-0.25, -0.2) is 9.78 Å². The number of hydrogen-bond donors (Lipinski definition) is 1. The van der Waals surface area contributed by atoms with E-state index in [1.807, 2.05) is 55.8 Å². The Kier molecular flexibility index (Phi) is 5.31. The SMILES string of the molecule is CCc1nnc(CN(CC)C(=O)Nc2ccc(-n3ccnc3C)cc2)o1. The molecule has 8 heteroatoms. The second-order valence-electron chi connectivity index (χ2n) is 5.78. The smallest absolute Gasteiger partial charge is 0.322 e. The molecule has 1 aromatic carbocycles. The number of nitrogens with zero attached hydrogens (tertiary/aromatic N) is 5. The molecule has 2 aromatic heterocycles. The van der Waals surface area contributed by atoms with E-state index in [4.69, 9.17) is 4.42 Å². The monoisotopic (exact) mass is 354 g/mol. The van der Waals surface area contributed by atoms with Crippen molar-refractivity contribution in [3.63, 3.8) is 0 Å². The Morgan fingerprint density at radius 1 is 1.19 bits per heavy atom. The van der Waals surface area contributed by atoms with Gasteiger partial charge in [-0.05, 0) is 38.1 Å². The molecular weight excluding hydrogens is 332 g/mol. The number of carbonyl (C=O) groups is 1. The molecule has 3 rings (SSSR count). The van der Waals surface area contributed by atoms with Crippen molar-refractivity contribution in [3.05, 3.63) is 54.3 Å². The fourth-order valence-electron chi connectivity index (χ4n) is 2.54. The summed E-state index contributed by atoms with van der Waals surface area (Å²) in [5, 5.41) is 10.8. The van der Waals surface area contributed by atoms with Gasteiger partial charge in [0.2, 0.25) is 11.8 Å². The molecule has 0 aliphatic carbocycles. The Labute approximate surface area is 151 Å². The first-order chi connectivity index (χ1) is 12.6. The Morgan fingerprint density at radius 2 is 1.92 bits per heavy atom. The molecule has 2 amide bonds. The summed E-state index contributed by atoms with van der Waals surface area (Å²) in [7, 11) is 0. The average molecular weight is 354 g/mol. The predicted octanol–water partition coefficient (Wildman–Crippen LogP) is 3.18. The maximum Gasteiger partial charge on any atom is 0.322 e. The number of aromatic nitrogens is 4. The van der Waals surface area contributed by atoms with E-state index in [0.717, 1.165) is 17.2 Å². The van der Waals surface area contributed by atoms with E-state index in [1.165, 1.54) is 0 Å². The molecule has 0 aliphatic rings. The summed E-state index contributed by atoms with van der Waals surface area (Å²) in [5.74, 6) is 1.91. The van der Waals surface area contributed by atoms with Crippen molar-refractivity contribution in [1.29, 1.82) is 0 Å². The fourth-order valence-corrected chi connectivity index (χ4v) is 2.54. The third-order valence-corrected chi connectivity index (χ3v) is 4.03. The Bertz CT molecular complexity index is 868. The van der Waals surface area contributed by atoms with Crippen LogP contribution in [0, 0.1) is 6.92 Å². The van der Waals surface area contributed by atoms with E-state index in [-0.39, 0.29) is 12.6 Å². The Hall–Kier alpha value is -3.16. The highest BCUT2D eigenvalue weighted by atomic mass is 16.4.